The molecule has 1 aliphatic rings. The summed E-state index contributed by atoms with van der Waals surface area (Å²) in [6, 6.07) is 12.4. The molecule has 9 heteroatoms. The molecular weight excluding hydrogens is 452 g/mol. The van der Waals surface area contributed by atoms with E-state index >= 15 is 0 Å². The second kappa shape index (κ2) is 12.1. The Morgan fingerprint density at radius 3 is 2.41 bits per heavy atom. The number of amides is 2. The molecule has 1 heterocycles. The summed E-state index contributed by atoms with van der Waals surface area (Å²) in [5.74, 6) is -0.480. The quantitative estimate of drug-likeness (QED) is 0.428. The van der Waals surface area contributed by atoms with Gasteiger partial charge in [0.15, 0.2) is 0 Å². The van der Waals surface area contributed by atoms with Gasteiger partial charge in [-0.2, -0.15) is 4.72 Å². The highest BCUT2D eigenvalue weighted by Crippen LogP contribution is 2.26. The normalized spacial score (nSPS) is 14.4. The van der Waals surface area contributed by atoms with Crippen molar-refractivity contribution in [1.29, 1.82) is 0 Å². The van der Waals surface area contributed by atoms with E-state index in [0.29, 0.717) is 37.2 Å². The van der Waals surface area contributed by atoms with Crippen molar-refractivity contribution in [3.63, 3.8) is 0 Å². The van der Waals surface area contributed by atoms with Crippen LogP contribution in [0.3, 0.4) is 0 Å². The van der Waals surface area contributed by atoms with Crippen molar-refractivity contribution in [3.05, 3.63) is 59.7 Å². The van der Waals surface area contributed by atoms with Crippen LogP contribution in [0.2, 0.25) is 0 Å². The van der Waals surface area contributed by atoms with Crippen LogP contribution in [0.5, 0.6) is 0 Å². The van der Waals surface area contributed by atoms with Gasteiger partial charge in [-0.1, -0.05) is 44.2 Å². The molecule has 0 aromatic heterocycles. The first-order valence-corrected chi connectivity index (χ1v) is 13.3. The zero-order valence-corrected chi connectivity index (χ0v) is 20.7. The summed E-state index contributed by atoms with van der Waals surface area (Å²) < 4.78 is 29.1. The third-order valence-corrected chi connectivity index (χ3v) is 7.18. The zero-order valence-electron chi connectivity index (χ0n) is 19.8. The first kappa shape index (κ1) is 25.9. The summed E-state index contributed by atoms with van der Waals surface area (Å²) in [6.07, 6.45) is 2.85. The van der Waals surface area contributed by atoms with E-state index in [1.807, 2.05) is 6.07 Å². The number of fused-ring (bicyclic) bond motifs is 1. The first-order chi connectivity index (χ1) is 16.3. The van der Waals surface area contributed by atoms with Gasteiger partial charge in [0, 0.05) is 25.2 Å². The largest absolute Gasteiger partial charge is 0.353 e. The number of hydrogen-bond acceptors (Lipinski definition) is 5. The third-order valence-electron chi connectivity index (χ3n) is 5.76. The van der Waals surface area contributed by atoms with Crippen molar-refractivity contribution in [2.45, 2.75) is 50.5 Å². The second-order valence-electron chi connectivity index (χ2n) is 8.46. The van der Waals surface area contributed by atoms with Crippen LogP contribution in [0.15, 0.2) is 53.4 Å². The predicted octanol–water partition coefficient (Wildman–Crippen LogP) is 2.83. The van der Waals surface area contributed by atoms with Crippen LogP contribution in [-0.4, -0.2) is 51.3 Å². The Labute approximate surface area is 202 Å². The van der Waals surface area contributed by atoms with E-state index in [0.717, 1.165) is 31.5 Å². The van der Waals surface area contributed by atoms with Gasteiger partial charge >= 0.3 is 0 Å². The van der Waals surface area contributed by atoms with Gasteiger partial charge in [-0.05, 0) is 61.7 Å². The lowest BCUT2D eigenvalue weighted by molar-refractivity contribution is -0.123. The third kappa shape index (κ3) is 6.88. The van der Waals surface area contributed by atoms with E-state index in [1.165, 1.54) is 6.07 Å². The maximum absolute atomic E-state index is 13.2. The van der Waals surface area contributed by atoms with Gasteiger partial charge in [-0.25, -0.2) is 8.42 Å². The summed E-state index contributed by atoms with van der Waals surface area (Å²) in [5, 5.41) is 5.65. The molecule has 3 N–H and O–H groups in total. The summed E-state index contributed by atoms with van der Waals surface area (Å²) >= 11 is 0. The molecule has 0 spiro atoms. The van der Waals surface area contributed by atoms with Gasteiger partial charge in [-0.3, -0.25) is 9.59 Å². The number of rotatable bonds is 12. The van der Waals surface area contributed by atoms with Crippen molar-refractivity contribution >= 4 is 27.5 Å². The van der Waals surface area contributed by atoms with E-state index in [1.54, 1.807) is 36.4 Å². The molecule has 2 amide bonds. The van der Waals surface area contributed by atoms with Crippen LogP contribution < -0.4 is 15.4 Å². The molecule has 184 valence electrons. The molecule has 1 aliphatic heterocycles. The highest BCUT2D eigenvalue weighted by atomic mass is 32.2. The number of nitrogens with zero attached hydrogens (tertiary/aromatic N) is 1. The van der Waals surface area contributed by atoms with E-state index in [9.17, 15) is 18.0 Å². The van der Waals surface area contributed by atoms with Crippen LogP contribution in [-0.2, 0) is 26.0 Å². The first-order valence-electron chi connectivity index (χ1n) is 11.8. The smallest absolute Gasteiger partial charge is 0.242 e. The van der Waals surface area contributed by atoms with Crippen LogP contribution in [0.25, 0.3) is 0 Å². The van der Waals surface area contributed by atoms with Crippen molar-refractivity contribution in [1.82, 2.24) is 14.9 Å². The highest BCUT2D eigenvalue weighted by molar-refractivity contribution is 7.89. The Hall–Kier alpha value is -2.75. The van der Waals surface area contributed by atoms with Crippen LogP contribution in [0.4, 0.5) is 5.69 Å². The molecule has 0 saturated heterocycles. The molecule has 34 heavy (non-hydrogen) atoms. The number of aryl methyl sites for hydroxylation is 1. The summed E-state index contributed by atoms with van der Waals surface area (Å²) in [7, 11) is -3.99. The monoisotopic (exact) mass is 486 g/mol. The van der Waals surface area contributed by atoms with Crippen LogP contribution in [0, 0.1) is 0 Å². The Morgan fingerprint density at radius 1 is 1.03 bits per heavy atom. The molecule has 0 aliphatic carbocycles. The van der Waals surface area contributed by atoms with E-state index < -0.39 is 22.0 Å². The SMILES string of the molecule is CCCN(CCC)CCNC(=O)[C@@H](NS(=O)(=O)c1ccc2c(c1)CCC(=O)N2)c1ccccc1. The molecule has 0 unspecified atom stereocenters. The van der Waals surface area contributed by atoms with Gasteiger partial charge in [0.05, 0.1) is 4.90 Å². The van der Waals surface area contributed by atoms with Crippen molar-refractivity contribution in [2.75, 3.05) is 31.5 Å². The highest BCUT2D eigenvalue weighted by Gasteiger charge is 2.28. The zero-order chi connectivity index (χ0) is 24.6. The number of anilines is 1. The molecule has 0 fully saturated rings. The van der Waals surface area contributed by atoms with Crippen molar-refractivity contribution in [3.8, 4) is 0 Å². The fraction of sp³-hybridized carbons (Fsp3) is 0.440. The van der Waals surface area contributed by atoms with Gasteiger partial charge in [-0.15, -0.1) is 0 Å². The number of nitrogens with one attached hydrogen (secondary N) is 3. The van der Waals surface area contributed by atoms with Crippen LogP contribution >= 0.6 is 0 Å². The predicted molar refractivity (Wildman–Crippen MR) is 133 cm³/mol. The lowest BCUT2D eigenvalue weighted by Gasteiger charge is -2.23. The Bertz CT molecular complexity index is 1080. The number of carbonyl (C=O) groups excluding carboxylic acids is 2. The Balaban J connectivity index is 1.76. The van der Waals surface area contributed by atoms with E-state index in [-0.39, 0.29) is 10.8 Å². The molecule has 1 atom stereocenters. The fourth-order valence-corrected chi connectivity index (χ4v) is 5.31. The van der Waals surface area contributed by atoms with Gasteiger partial charge < -0.3 is 15.5 Å². The van der Waals surface area contributed by atoms with Gasteiger partial charge in [0.1, 0.15) is 6.04 Å². The second-order valence-corrected chi connectivity index (χ2v) is 10.2. The molecular formula is C25H34N4O4S. The number of carbonyl (C=O) groups is 2. The topological polar surface area (TPSA) is 108 Å². The summed E-state index contributed by atoms with van der Waals surface area (Å²) in [6.45, 7) is 7.29. The Morgan fingerprint density at radius 2 is 1.74 bits per heavy atom. The molecule has 3 rings (SSSR count). The van der Waals surface area contributed by atoms with E-state index in [4.69, 9.17) is 0 Å². The minimum absolute atomic E-state index is 0.0631. The molecule has 0 radical (unpaired) electrons. The maximum atomic E-state index is 13.2. The van der Waals surface area contributed by atoms with Crippen molar-refractivity contribution in [2.24, 2.45) is 0 Å². The lowest BCUT2D eigenvalue weighted by atomic mass is 10.0. The molecule has 8 nitrogen and oxygen atoms in total. The number of sulfonamides is 1. The standard InChI is InChI=1S/C25H34N4O4S/c1-3-15-29(16-4-2)17-14-26-25(31)24(19-8-6-5-7-9-19)28-34(32,33)21-11-12-22-20(18-21)10-13-23(30)27-22/h5-9,11-12,18,24,28H,3-4,10,13-17H2,1-2H3,(H,26,31)(H,27,30)/t24-/m0/s1. The number of hydrogen-bond donors (Lipinski definition) is 3. The average Bonchev–Trinajstić information content (AvgIpc) is 2.83. The minimum atomic E-state index is -3.99. The summed E-state index contributed by atoms with van der Waals surface area (Å²) in [4.78, 5) is 27.1. The fourth-order valence-electron chi connectivity index (χ4n) is 4.08. The molecule has 0 saturated carbocycles. The van der Waals surface area contributed by atoms with E-state index in [2.05, 4.69) is 34.1 Å². The minimum Gasteiger partial charge on any atom is -0.353 e. The van der Waals surface area contributed by atoms with Crippen LogP contribution in [0.1, 0.15) is 50.3 Å². The van der Waals surface area contributed by atoms with Gasteiger partial charge in [0.25, 0.3) is 0 Å². The number of benzene rings is 2. The van der Waals surface area contributed by atoms with Gasteiger partial charge in [0.2, 0.25) is 21.8 Å². The average molecular weight is 487 g/mol. The Kier molecular flexibility index (Phi) is 9.20. The molecule has 2 aromatic carbocycles. The summed E-state index contributed by atoms with van der Waals surface area (Å²) in [5.41, 5.74) is 1.94. The maximum Gasteiger partial charge on any atom is 0.242 e. The lowest BCUT2D eigenvalue weighted by Crippen LogP contribution is -2.43. The molecule has 2 aromatic rings. The van der Waals surface area contributed by atoms with Crippen molar-refractivity contribution < 1.29 is 18.0 Å². The molecule has 0 bridgehead atoms.